The van der Waals surface area contributed by atoms with Crippen LogP contribution in [0.1, 0.15) is 59.8 Å². The van der Waals surface area contributed by atoms with Gasteiger partial charge in [-0.05, 0) is 69.6 Å². The molecule has 2 nitrogen and oxygen atoms in total. The molecule has 0 aromatic carbocycles. The Labute approximate surface area is 120 Å². The fraction of sp³-hybridized carbons (Fsp3) is 1.00. The van der Waals surface area contributed by atoms with E-state index in [0.717, 1.165) is 23.7 Å². The van der Waals surface area contributed by atoms with E-state index < -0.39 is 0 Å². The van der Waals surface area contributed by atoms with Gasteiger partial charge < -0.3 is 10.6 Å². The van der Waals surface area contributed by atoms with E-state index in [1.807, 2.05) is 0 Å². The largest absolute Gasteiger partial charge is 0.327 e. The Kier molecular flexibility index (Phi) is 5.30. The fourth-order valence-corrected chi connectivity index (χ4v) is 3.57. The number of rotatable bonds is 6. The second-order valence-electron chi connectivity index (χ2n) is 7.73. The summed E-state index contributed by atoms with van der Waals surface area (Å²) in [4.78, 5) is 2.70. The maximum absolute atomic E-state index is 6.41. The zero-order valence-electron chi connectivity index (χ0n) is 13.4. The third-order valence-corrected chi connectivity index (χ3v) is 5.41. The quantitative estimate of drug-likeness (QED) is 0.797. The molecule has 3 unspecified atom stereocenters. The molecule has 2 N–H and O–H groups in total. The van der Waals surface area contributed by atoms with Crippen molar-refractivity contribution >= 4 is 0 Å². The van der Waals surface area contributed by atoms with Gasteiger partial charge in [-0.15, -0.1) is 0 Å². The zero-order chi connectivity index (χ0) is 14.0. The van der Waals surface area contributed by atoms with Crippen molar-refractivity contribution in [3.05, 3.63) is 0 Å². The van der Waals surface area contributed by atoms with Gasteiger partial charge in [-0.3, -0.25) is 0 Å². The highest BCUT2D eigenvalue weighted by molar-refractivity contribution is 4.87. The van der Waals surface area contributed by atoms with Gasteiger partial charge in [0.1, 0.15) is 0 Å². The van der Waals surface area contributed by atoms with Crippen LogP contribution in [0, 0.1) is 23.7 Å². The molecule has 0 bridgehead atoms. The zero-order valence-corrected chi connectivity index (χ0v) is 13.4. The highest BCUT2D eigenvalue weighted by Crippen LogP contribution is 2.35. The van der Waals surface area contributed by atoms with Crippen molar-refractivity contribution in [2.75, 3.05) is 13.1 Å². The van der Waals surface area contributed by atoms with Crippen LogP contribution in [0.25, 0.3) is 0 Å². The van der Waals surface area contributed by atoms with E-state index in [1.54, 1.807) is 0 Å². The van der Waals surface area contributed by atoms with Crippen LogP contribution in [-0.4, -0.2) is 30.1 Å². The molecule has 0 aromatic rings. The predicted octanol–water partition coefficient (Wildman–Crippen LogP) is 3.51. The minimum atomic E-state index is 0.440. The molecular formula is C17H34N2. The van der Waals surface area contributed by atoms with E-state index in [9.17, 15) is 0 Å². The average molecular weight is 266 g/mol. The van der Waals surface area contributed by atoms with Crippen LogP contribution < -0.4 is 5.73 Å². The molecule has 0 saturated heterocycles. The summed E-state index contributed by atoms with van der Waals surface area (Å²) in [5.74, 6) is 3.44. The minimum Gasteiger partial charge on any atom is -0.327 e. The SMILES string of the molecule is CC(C)C1CCC(N)C(CN(CC2CC2)C(C)C)C1. The summed E-state index contributed by atoms with van der Waals surface area (Å²) in [6, 6.07) is 1.11. The molecule has 2 aliphatic carbocycles. The highest BCUT2D eigenvalue weighted by Gasteiger charge is 2.33. The average Bonchev–Trinajstić information content (AvgIpc) is 3.14. The van der Waals surface area contributed by atoms with Crippen LogP contribution in [0.5, 0.6) is 0 Å². The van der Waals surface area contributed by atoms with E-state index in [-0.39, 0.29) is 0 Å². The summed E-state index contributed by atoms with van der Waals surface area (Å²) in [7, 11) is 0. The summed E-state index contributed by atoms with van der Waals surface area (Å²) in [5.41, 5.74) is 6.41. The van der Waals surface area contributed by atoms with Crippen molar-refractivity contribution in [1.29, 1.82) is 0 Å². The molecular weight excluding hydrogens is 232 g/mol. The molecule has 0 aromatic heterocycles. The van der Waals surface area contributed by atoms with Gasteiger partial charge >= 0.3 is 0 Å². The molecule has 112 valence electrons. The van der Waals surface area contributed by atoms with E-state index >= 15 is 0 Å². The number of hydrogen-bond acceptors (Lipinski definition) is 2. The second kappa shape index (κ2) is 6.58. The summed E-state index contributed by atoms with van der Waals surface area (Å²) in [6.45, 7) is 12.0. The van der Waals surface area contributed by atoms with Crippen LogP contribution in [0.3, 0.4) is 0 Å². The highest BCUT2D eigenvalue weighted by atomic mass is 15.2. The normalized spacial score (nSPS) is 32.5. The van der Waals surface area contributed by atoms with Crippen molar-refractivity contribution in [1.82, 2.24) is 4.90 Å². The topological polar surface area (TPSA) is 29.3 Å². The monoisotopic (exact) mass is 266 g/mol. The molecule has 0 aliphatic heterocycles. The molecule has 0 heterocycles. The molecule has 0 spiro atoms. The lowest BCUT2D eigenvalue weighted by atomic mass is 9.73. The lowest BCUT2D eigenvalue weighted by Gasteiger charge is -2.40. The van der Waals surface area contributed by atoms with Gasteiger partial charge in [-0.1, -0.05) is 13.8 Å². The van der Waals surface area contributed by atoms with Crippen molar-refractivity contribution < 1.29 is 0 Å². The van der Waals surface area contributed by atoms with Crippen LogP contribution in [-0.2, 0) is 0 Å². The molecule has 2 rings (SSSR count). The summed E-state index contributed by atoms with van der Waals surface area (Å²) >= 11 is 0. The Bertz CT molecular complexity index is 270. The van der Waals surface area contributed by atoms with Crippen molar-refractivity contribution in [3.63, 3.8) is 0 Å². The Morgan fingerprint density at radius 1 is 1.00 bits per heavy atom. The summed E-state index contributed by atoms with van der Waals surface area (Å²) < 4.78 is 0. The minimum absolute atomic E-state index is 0.440. The van der Waals surface area contributed by atoms with Gasteiger partial charge in [0, 0.05) is 25.2 Å². The van der Waals surface area contributed by atoms with E-state index in [1.165, 1.54) is 45.2 Å². The first-order valence-electron chi connectivity index (χ1n) is 8.47. The van der Waals surface area contributed by atoms with Crippen LogP contribution in [0.4, 0.5) is 0 Å². The second-order valence-corrected chi connectivity index (χ2v) is 7.73. The summed E-state index contributed by atoms with van der Waals surface area (Å²) in [6.07, 6.45) is 6.85. The molecule has 2 saturated carbocycles. The van der Waals surface area contributed by atoms with Crippen molar-refractivity contribution in [2.45, 2.75) is 71.9 Å². The summed E-state index contributed by atoms with van der Waals surface area (Å²) in [5, 5.41) is 0. The third-order valence-electron chi connectivity index (χ3n) is 5.41. The number of nitrogens with two attached hydrogens (primary N) is 1. The van der Waals surface area contributed by atoms with Gasteiger partial charge in [-0.25, -0.2) is 0 Å². The van der Waals surface area contributed by atoms with E-state index in [2.05, 4.69) is 32.6 Å². The molecule has 0 radical (unpaired) electrons. The molecule has 2 aliphatic rings. The molecule has 0 amide bonds. The Hall–Kier alpha value is -0.0800. The van der Waals surface area contributed by atoms with Crippen LogP contribution in [0.2, 0.25) is 0 Å². The molecule has 3 atom stereocenters. The Balaban J connectivity index is 1.89. The van der Waals surface area contributed by atoms with Crippen molar-refractivity contribution in [2.24, 2.45) is 29.4 Å². The van der Waals surface area contributed by atoms with Gasteiger partial charge in [-0.2, -0.15) is 0 Å². The van der Waals surface area contributed by atoms with Crippen molar-refractivity contribution in [3.8, 4) is 0 Å². The number of nitrogens with zero attached hydrogens (tertiary/aromatic N) is 1. The fourth-order valence-electron chi connectivity index (χ4n) is 3.57. The van der Waals surface area contributed by atoms with Gasteiger partial charge in [0.2, 0.25) is 0 Å². The Morgan fingerprint density at radius 3 is 2.21 bits per heavy atom. The molecule has 2 fully saturated rings. The lowest BCUT2D eigenvalue weighted by molar-refractivity contribution is 0.115. The van der Waals surface area contributed by atoms with Gasteiger partial charge in [0.15, 0.2) is 0 Å². The standard InChI is InChI=1S/C17H34N2/c1-12(2)15-7-8-17(18)16(9-15)11-19(13(3)4)10-14-5-6-14/h12-17H,5-11,18H2,1-4H3. The van der Waals surface area contributed by atoms with Gasteiger partial charge in [0.25, 0.3) is 0 Å². The molecule has 19 heavy (non-hydrogen) atoms. The number of hydrogen-bond donors (Lipinski definition) is 1. The van der Waals surface area contributed by atoms with E-state index in [0.29, 0.717) is 12.1 Å². The van der Waals surface area contributed by atoms with E-state index in [4.69, 9.17) is 5.73 Å². The first kappa shape index (κ1) is 15.3. The Morgan fingerprint density at radius 2 is 1.68 bits per heavy atom. The lowest BCUT2D eigenvalue weighted by Crippen LogP contribution is -2.46. The first-order chi connectivity index (χ1) is 8.97. The van der Waals surface area contributed by atoms with Crippen LogP contribution in [0.15, 0.2) is 0 Å². The maximum atomic E-state index is 6.41. The predicted molar refractivity (Wildman–Crippen MR) is 83.1 cm³/mol. The van der Waals surface area contributed by atoms with Gasteiger partial charge in [0.05, 0.1) is 0 Å². The third kappa shape index (κ3) is 4.46. The van der Waals surface area contributed by atoms with Crippen LogP contribution >= 0.6 is 0 Å². The maximum Gasteiger partial charge on any atom is 0.00795 e. The first-order valence-corrected chi connectivity index (χ1v) is 8.47. The molecule has 2 heteroatoms. The smallest absolute Gasteiger partial charge is 0.00795 e.